The summed E-state index contributed by atoms with van der Waals surface area (Å²) in [5.74, 6) is 0. The fourth-order valence-corrected chi connectivity index (χ4v) is 8.06. The molecule has 0 aromatic heterocycles. The first-order chi connectivity index (χ1) is 28.2. The lowest BCUT2D eigenvalue weighted by Crippen LogP contribution is -2.11. The van der Waals surface area contributed by atoms with Crippen molar-refractivity contribution in [3.05, 3.63) is 237 Å². The van der Waals surface area contributed by atoms with Crippen LogP contribution in [-0.2, 0) is 0 Å². The van der Waals surface area contributed by atoms with Gasteiger partial charge < -0.3 is 4.90 Å². The third-order valence-corrected chi connectivity index (χ3v) is 11.0. The van der Waals surface area contributed by atoms with Crippen molar-refractivity contribution in [1.82, 2.24) is 0 Å². The molecular weight excluding hydrogens is 687 g/mol. The molecule has 0 N–H and O–H groups in total. The van der Waals surface area contributed by atoms with Gasteiger partial charge in [-0.2, -0.15) is 0 Å². The molecule has 10 rings (SSSR count). The average Bonchev–Trinajstić information content (AvgIpc) is 3.30. The van der Waals surface area contributed by atoms with Crippen LogP contribution in [0.5, 0.6) is 0 Å². The van der Waals surface area contributed by atoms with E-state index in [0.29, 0.717) is 0 Å². The number of anilines is 3. The molecule has 0 atom stereocenters. The average molecular weight is 726 g/mol. The molecule has 0 bridgehead atoms. The van der Waals surface area contributed by atoms with E-state index in [0.717, 1.165) is 22.6 Å². The van der Waals surface area contributed by atoms with Gasteiger partial charge in [0.1, 0.15) is 0 Å². The van der Waals surface area contributed by atoms with Crippen LogP contribution in [0.3, 0.4) is 0 Å². The third-order valence-electron chi connectivity index (χ3n) is 11.0. The van der Waals surface area contributed by atoms with E-state index in [9.17, 15) is 0 Å². The van der Waals surface area contributed by atoms with Gasteiger partial charge in [-0.3, -0.25) is 0 Å². The van der Waals surface area contributed by atoms with Gasteiger partial charge in [-0.05, 0) is 120 Å². The normalized spacial score (nSPS) is 11.2. The van der Waals surface area contributed by atoms with Gasteiger partial charge in [-0.25, -0.2) is 0 Å². The molecule has 57 heavy (non-hydrogen) atoms. The number of fused-ring (bicyclic) bond motifs is 2. The second-order valence-corrected chi connectivity index (χ2v) is 14.6. The van der Waals surface area contributed by atoms with Crippen LogP contribution in [0.25, 0.3) is 77.2 Å². The van der Waals surface area contributed by atoms with E-state index in [-0.39, 0.29) is 0 Å². The molecule has 0 radical (unpaired) electrons. The highest BCUT2D eigenvalue weighted by Crippen LogP contribution is 2.44. The van der Waals surface area contributed by atoms with Gasteiger partial charge in [0, 0.05) is 16.9 Å². The largest absolute Gasteiger partial charge is 0.310 e. The van der Waals surface area contributed by atoms with Crippen molar-refractivity contribution in [3.8, 4) is 55.6 Å². The van der Waals surface area contributed by atoms with Gasteiger partial charge in [0.05, 0.1) is 5.69 Å². The monoisotopic (exact) mass is 725 g/mol. The molecule has 0 unspecified atom stereocenters. The SMILES string of the molecule is c1ccc(-c2cccc(-c3ccc(N(c4cccc(-c5ccc6ccccc6c5)c4)c4cc(-c5ccc6ccccc6c5)ccc4-c4ccccc4)cc3)c2)cc1. The number of benzene rings is 10. The number of hydrogen-bond donors (Lipinski definition) is 0. The first kappa shape index (κ1) is 34.0. The molecule has 0 aliphatic rings. The zero-order chi connectivity index (χ0) is 38.0. The third kappa shape index (κ3) is 6.88. The molecule has 0 saturated heterocycles. The van der Waals surface area contributed by atoms with Crippen LogP contribution in [0, 0.1) is 0 Å². The van der Waals surface area contributed by atoms with Gasteiger partial charge in [-0.1, -0.05) is 188 Å². The highest BCUT2D eigenvalue weighted by atomic mass is 15.1. The molecule has 10 aromatic rings. The highest BCUT2D eigenvalue weighted by molar-refractivity contribution is 5.94. The maximum absolute atomic E-state index is 2.43. The molecular formula is C56H39N. The summed E-state index contributed by atoms with van der Waals surface area (Å²) in [5, 5.41) is 4.95. The van der Waals surface area contributed by atoms with E-state index in [1.54, 1.807) is 0 Å². The standard InChI is InChI=1S/C56H39N/c1-3-13-40(14-4-1)47-21-11-22-48(35-47)43-29-32-53(33-30-43)57(54-24-12-23-49(38-54)50-27-25-41-15-7-9-19-45(41)36-50)56-39-52(31-34-55(56)44-17-5-2-6-18-44)51-28-26-42-16-8-10-20-46(42)37-51/h1-39H. The second-order valence-electron chi connectivity index (χ2n) is 14.6. The predicted octanol–water partition coefficient (Wildman–Crippen LogP) is 15.8. The minimum absolute atomic E-state index is 1.08. The minimum Gasteiger partial charge on any atom is -0.310 e. The van der Waals surface area contributed by atoms with E-state index in [2.05, 4.69) is 241 Å². The molecule has 0 amide bonds. The Morgan fingerprint density at radius 2 is 0.632 bits per heavy atom. The fraction of sp³-hybridized carbons (Fsp3) is 0. The van der Waals surface area contributed by atoms with Crippen LogP contribution in [0.15, 0.2) is 237 Å². The van der Waals surface area contributed by atoms with Crippen molar-refractivity contribution in [3.63, 3.8) is 0 Å². The summed E-state index contributed by atoms with van der Waals surface area (Å²) in [6, 6.07) is 85.8. The van der Waals surface area contributed by atoms with Crippen molar-refractivity contribution < 1.29 is 0 Å². The Bertz CT molecular complexity index is 3000. The van der Waals surface area contributed by atoms with Gasteiger partial charge in [0.25, 0.3) is 0 Å². The minimum atomic E-state index is 1.08. The van der Waals surface area contributed by atoms with Gasteiger partial charge in [0.2, 0.25) is 0 Å². The van der Waals surface area contributed by atoms with Crippen LogP contribution in [0.1, 0.15) is 0 Å². The first-order valence-corrected chi connectivity index (χ1v) is 19.6. The molecule has 0 saturated carbocycles. The summed E-state index contributed by atoms with van der Waals surface area (Å²) in [7, 11) is 0. The van der Waals surface area contributed by atoms with Crippen LogP contribution in [0.4, 0.5) is 17.1 Å². The Labute approximate surface area is 334 Å². The predicted molar refractivity (Wildman–Crippen MR) is 243 cm³/mol. The topological polar surface area (TPSA) is 3.24 Å². The van der Waals surface area contributed by atoms with Crippen molar-refractivity contribution in [2.24, 2.45) is 0 Å². The van der Waals surface area contributed by atoms with Crippen LogP contribution in [-0.4, -0.2) is 0 Å². The Morgan fingerprint density at radius 3 is 1.25 bits per heavy atom. The van der Waals surface area contributed by atoms with Gasteiger partial charge in [0.15, 0.2) is 0 Å². The quantitative estimate of drug-likeness (QED) is 0.151. The Balaban J connectivity index is 1.15. The lowest BCUT2D eigenvalue weighted by atomic mass is 9.95. The maximum Gasteiger partial charge on any atom is 0.0546 e. The molecule has 0 heterocycles. The molecule has 0 spiro atoms. The van der Waals surface area contributed by atoms with Gasteiger partial charge in [-0.15, -0.1) is 0 Å². The first-order valence-electron chi connectivity index (χ1n) is 19.6. The smallest absolute Gasteiger partial charge is 0.0546 e. The van der Waals surface area contributed by atoms with Gasteiger partial charge >= 0.3 is 0 Å². The summed E-state index contributed by atoms with van der Waals surface area (Å²) in [6.07, 6.45) is 0. The summed E-state index contributed by atoms with van der Waals surface area (Å²) >= 11 is 0. The molecule has 0 fully saturated rings. The molecule has 10 aromatic carbocycles. The fourth-order valence-electron chi connectivity index (χ4n) is 8.06. The lowest BCUT2D eigenvalue weighted by molar-refractivity contribution is 1.28. The van der Waals surface area contributed by atoms with E-state index >= 15 is 0 Å². The molecule has 268 valence electrons. The van der Waals surface area contributed by atoms with Crippen molar-refractivity contribution >= 4 is 38.6 Å². The van der Waals surface area contributed by atoms with Crippen LogP contribution < -0.4 is 4.90 Å². The molecule has 0 aliphatic carbocycles. The lowest BCUT2D eigenvalue weighted by Gasteiger charge is -2.29. The van der Waals surface area contributed by atoms with E-state index in [1.165, 1.54) is 71.6 Å². The number of hydrogen-bond acceptors (Lipinski definition) is 1. The van der Waals surface area contributed by atoms with Crippen molar-refractivity contribution in [1.29, 1.82) is 0 Å². The van der Waals surface area contributed by atoms with Crippen LogP contribution >= 0.6 is 0 Å². The second kappa shape index (κ2) is 15.0. The summed E-state index contributed by atoms with van der Waals surface area (Å²) in [6.45, 7) is 0. The van der Waals surface area contributed by atoms with Crippen molar-refractivity contribution in [2.75, 3.05) is 4.90 Å². The molecule has 1 heteroatoms. The Kier molecular flexibility index (Phi) is 8.95. The zero-order valence-electron chi connectivity index (χ0n) is 31.5. The van der Waals surface area contributed by atoms with Crippen LogP contribution in [0.2, 0.25) is 0 Å². The zero-order valence-corrected chi connectivity index (χ0v) is 31.5. The summed E-state index contributed by atoms with van der Waals surface area (Å²) < 4.78 is 0. The highest BCUT2D eigenvalue weighted by Gasteiger charge is 2.20. The summed E-state index contributed by atoms with van der Waals surface area (Å²) in [5.41, 5.74) is 15.1. The molecule has 1 nitrogen and oxygen atoms in total. The maximum atomic E-state index is 2.43. The van der Waals surface area contributed by atoms with E-state index in [4.69, 9.17) is 0 Å². The van der Waals surface area contributed by atoms with E-state index < -0.39 is 0 Å². The van der Waals surface area contributed by atoms with Crippen molar-refractivity contribution in [2.45, 2.75) is 0 Å². The Hall–Kier alpha value is -7.48. The number of rotatable bonds is 8. The summed E-state index contributed by atoms with van der Waals surface area (Å²) in [4.78, 5) is 2.43. The number of nitrogens with zero attached hydrogens (tertiary/aromatic N) is 1. The Morgan fingerprint density at radius 1 is 0.211 bits per heavy atom. The molecule has 0 aliphatic heterocycles. The van der Waals surface area contributed by atoms with E-state index in [1.807, 2.05) is 0 Å².